The van der Waals surface area contributed by atoms with Crippen LogP contribution in [0.3, 0.4) is 0 Å². The minimum Gasteiger partial charge on any atom is -0.494 e. The summed E-state index contributed by atoms with van der Waals surface area (Å²) in [5, 5.41) is 12.9. The largest absolute Gasteiger partial charge is 0.494 e. The van der Waals surface area contributed by atoms with Crippen molar-refractivity contribution in [3.63, 3.8) is 0 Å². The highest BCUT2D eigenvalue weighted by atomic mass is 35.5. The van der Waals surface area contributed by atoms with Crippen LogP contribution in [-0.4, -0.2) is 127 Å². The number of nitrogens with one attached hydrogen (secondary N) is 4. The summed E-state index contributed by atoms with van der Waals surface area (Å²) >= 11 is 6.48. The summed E-state index contributed by atoms with van der Waals surface area (Å²) in [5.41, 5.74) is 4.17. The summed E-state index contributed by atoms with van der Waals surface area (Å²) in [6.07, 6.45) is 4.01. The van der Waals surface area contributed by atoms with Gasteiger partial charge < -0.3 is 35.1 Å². The predicted octanol–water partition coefficient (Wildman–Crippen LogP) is 4.86. The summed E-state index contributed by atoms with van der Waals surface area (Å²) in [6, 6.07) is 18.4. The van der Waals surface area contributed by atoms with E-state index in [1.165, 1.54) is 11.1 Å². The number of piperazine rings is 1. The molecule has 8 rings (SSSR count). The van der Waals surface area contributed by atoms with E-state index >= 15 is 0 Å². The molecule has 0 aliphatic carbocycles. The third-order valence-electron chi connectivity index (χ3n) is 11.9. The number of para-hydroxylation sites is 1. The molecule has 1 atom stereocenters. The Hall–Kier alpha value is -5.54. The molecular weight excluding hydrogens is 819 g/mol. The molecule has 3 aromatic carbocycles. The van der Waals surface area contributed by atoms with E-state index < -0.39 is 19.1 Å². The lowest BCUT2D eigenvalue weighted by Gasteiger charge is -2.43. The van der Waals surface area contributed by atoms with Gasteiger partial charge in [0.25, 0.3) is 5.91 Å². The van der Waals surface area contributed by atoms with Crippen LogP contribution in [0.25, 0.3) is 0 Å². The first-order valence-electron chi connectivity index (χ1n) is 20.5. The molecule has 4 aliphatic rings. The van der Waals surface area contributed by atoms with Crippen LogP contribution in [0.15, 0.2) is 66.9 Å². The van der Waals surface area contributed by atoms with Gasteiger partial charge in [0.15, 0.2) is 5.82 Å². The Labute approximate surface area is 359 Å². The van der Waals surface area contributed by atoms with Crippen LogP contribution >= 0.6 is 18.7 Å². The molecular formula is C43H50ClN10O6P. The fourth-order valence-corrected chi connectivity index (χ4v) is 9.96. The van der Waals surface area contributed by atoms with Crippen molar-refractivity contribution in [3.8, 4) is 5.75 Å². The molecule has 0 radical (unpaired) electrons. The Kier molecular flexibility index (Phi) is 12.3. The number of benzene rings is 3. The summed E-state index contributed by atoms with van der Waals surface area (Å²) in [5.74, 6) is 0.148. The number of carbonyl (C=O) groups is 4. The van der Waals surface area contributed by atoms with E-state index in [0.29, 0.717) is 62.1 Å². The van der Waals surface area contributed by atoms with Crippen molar-refractivity contribution < 1.29 is 28.5 Å². The number of hydrogen-bond donors (Lipinski definition) is 4. The average molecular weight is 869 g/mol. The fourth-order valence-electron chi connectivity index (χ4n) is 8.66. The number of piperidine rings is 2. The van der Waals surface area contributed by atoms with Crippen LogP contribution in [0.5, 0.6) is 5.75 Å². The SMILES string of the molecule is COc1cc(N2CCC(N3CCN(CC(=O)Nc4cccc5c4CN(C4CCC(=O)NC4=O)C5=O)CC3)CC2)ccc1Nc1ncc(Cl)c(Nc2ccccc2P(C)(C)=O)n1. The maximum atomic E-state index is 13.3. The molecule has 4 amide bonds. The second-order valence-corrected chi connectivity index (χ2v) is 19.8. The molecule has 4 aromatic rings. The average Bonchev–Trinajstić information content (AvgIpc) is 3.58. The summed E-state index contributed by atoms with van der Waals surface area (Å²) in [7, 11) is -0.926. The molecule has 0 bridgehead atoms. The number of hydrogen-bond acceptors (Lipinski definition) is 13. The van der Waals surface area contributed by atoms with Gasteiger partial charge in [-0.05, 0) is 69.0 Å². The number of methoxy groups -OCH3 is 1. The number of rotatable bonds is 12. The molecule has 61 heavy (non-hydrogen) atoms. The van der Waals surface area contributed by atoms with Crippen LogP contribution in [0, 0.1) is 0 Å². The lowest BCUT2D eigenvalue weighted by molar-refractivity contribution is -0.137. The Morgan fingerprint density at radius 3 is 2.41 bits per heavy atom. The highest BCUT2D eigenvalue weighted by molar-refractivity contribution is 7.70. The van der Waals surface area contributed by atoms with Crippen LogP contribution in [-0.2, 0) is 25.5 Å². The van der Waals surface area contributed by atoms with Gasteiger partial charge >= 0.3 is 0 Å². The molecule has 4 N–H and O–H groups in total. The number of imide groups is 1. The number of aromatic nitrogens is 2. The summed E-state index contributed by atoms with van der Waals surface area (Å²) in [6.45, 7) is 8.97. The first kappa shape index (κ1) is 42.2. The lowest BCUT2D eigenvalue weighted by Crippen LogP contribution is -2.54. The van der Waals surface area contributed by atoms with Gasteiger partial charge in [0.2, 0.25) is 23.7 Å². The Balaban J connectivity index is 0.812. The van der Waals surface area contributed by atoms with Crippen LogP contribution < -0.4 is 36.2 Å². The third kappa shape index (κ3) is 9.37. The van der Waals surface area contributed by atoms with Gasteiger partial charge in [-0.15, -0.1) is 0 Å². The van der Waals surface area contributed by atoms with E-state index in [-0.39, 0.29) is 43.7 Å². The van der Waals surface area contributed by atoms with Crippen LogP contribution in [0.2, 0.25) is 5.02 Å². The minimum atomic E-state index is -2.56. The molecule has 18 heteroatoms. The standard InChI is InChI=1S/C43H50ClN10O6P/c1-60-36-23-28(11-12-33(36)48-43-45-24-31(44)40(50-43)47-34-8-4-5-10-37(34)61(2,3)59)52-17-15-27(16-18-52)53-21-19-51(20-22-53)26-39(56)46-32-9-6-7-29-30(32)25-54(42(29)58)35-13-14-38(55)49-41(35)57/h4-12,23-24,27,35H,13-22,25-26H2,1-3H3,(H,46,56)(H,49,55,57)(H2,45,47,48,50). The molecule has 1 unspecified atom stereocenters. The highest BCUT2D eigenvalue weighted by Gasteiger charge is 2.40. The van der Waals surface area contributed by atoms with Crippen molar-refractivity contribution >= 4 is 82.2 Å². The van der Waals surface area contributed by atoms with Crippen molar-refractivity contribution in [2.45, 2.75) is 44.3 Å². The summed E-state index contributed by atoms with van der Waals surface area (Å²) < 4.78 is 18.7. The zero-order chi connectivity index (χ0) is 42.8. The van der Waals surface area contributed by atoms with Gasteiger partial charge in [-0.1, -0.05) is 29.8 Å². The zero-order valence-electron chi connectivity index (χ0n) is 34.4. The molecule has 0 saturated carbocycles. The van der Waals surface area contributed by atoms with Gasteiger partial charge in [-0.2, -0.15) is 4.98 Å². The van der Waals surface area contributed by atoms with Crippen molar-refractivity contribution in [3.05, 3.63) is 83.0 Å². The van der Waals surface area contributed by atoms with E-state index in [1.807, 2.05) is 36.4 Å². The number of halogens is 1. The van der Waals surface area contributed by atoms with Crippen molar-refractivity contribution in [2.75, 3.05) is 87.1 Å². The van der Waals surface area contributed by atoms with Crippen molar-refractivity contribution in [1.82, 2.24) is 30.0 Å². The van der Waals surface area contributed by atoms with Crippen molar-refractivity contribution in [2.24, 2.45) is 0 Å². The van der Waals surface area contributed by atoms with Crippen molar-refractivity contribution in [1.29, 1.82) is 0 Å². The summed E-state index contributed by atoms with van der Waals surface area (Å²) in [4.78, 5) is 68.2. The van der Waals surface area contributed by atoms with E-state index in [9.17, 15) is 23.7 Å². The highest BCUT2D eigenvalue weighted by Crippen LogP contribution is 2.39. The molecule has 5 heterocycles. The molecule has 1 aromatic heterocycles. The van der Waals surface area contributed by atoms with E-state index in [0.717, 1.165) is 57.8 Å². The molecule has 3 fully saturated rings. The van der Waals surface area contributed by atoms with Gasteiger partial charge in [-0.25, -0.2) is 4.98 Å². The van der Waals surface area contributed by atoms with Crippen LogP contribution in [0.4, 0.5) is 34.5 Å². The maximum absolute atomic E-state index is 13.3. The molecule has 4 aliphatic heterocycles. The predicted molar refractivity (Wildman–Crippen MR) is 236 cm³/mol. The van der Waals surface area contributed by atoms with Gasteiger partial charge in [0, 0.05) is 92.1 Å². The van der Waals surface area contributed by atoms with Crippen LogP contribution in [0.1, 0.15) is 41.6 Å². The minimum absolute atomic E-state index is 0.148. The first-order valence-corrected chi connectivity index (χ1v) is 23.5. The van der Waals surface area contributed by atoms with Gasteiger partial charge in [-0.3, -0.25) is 34.3 Å². The Bertz CT molecular complexity index is 2400. The second-order valence-electron chi connectivity index (χ2n) is 16.2. The van der Waals surface area contributed by atoms with E-state index in [2.05, 4.69) is 52.0 Å². The molecule has 320 valence electrons. The monoisotopic (exact) mass is 868 g/mol. The topological polar surface area (TPSA) is 181 Å². The van der Waals surface area contributed by atoms with Gasteiger partial charge in [0.1, 0.15) is 24.0 Å². The fraction of sp³-hybridized carbons (Fsp3) is 0.395. The number of anilines is 6. The zero-order valence-corrected chi connectivity index (χ0v) is 36.1. The van der Waals surface area contributed by atoms with E-state index in [4.69, 9.17) is 16.3 Å². The Morgan fingerprint density at radius 1 is 0.918 bits per heavy atom. The quantitative estimate of drug-likeness (QED) is 0.112. The number of amides is 4. The van der Waals surface area contributed by atoms with Gasteiger partial charge in [0.05, 0.1) is 31.2 Å². The molecule has 3 saturated heterocycles. The number of carbonyl (C=O) groups excluding carboxylic acids is 4. The smallest absolute Gasteiger partial charge is 0.255 e. The molecule has 0 spiro atoms. The Morgan fingerprint density at radius 2 is 1.67 bits per heavy atom. The second kappa shape index (κ2) is 17.8. The lowest BCUT2D eigenvalue weighted by atomic mass is 10.0. The third-order valence-corrected chi connectivity index (χ3v) is 13.7. The first-order chi connectivity index (χ1) is 29.3. The number of fused-ring (bicyclic) bond motifs is 1. The van der Waals surface area contributed by atoms with E-state index in [1.54, 1.807) is 38.6 Å². The molecule has 16 nitrogen and oxygen atoms in total. The normalized spacial score (nSPS) is 19.1. The number of nitrogens with zero attached hydrogens (tertiary/aromatic N) is 6. The maximum Gasteiger partial charge on any atom is 0.255 e. The number of ether oxygens (including phenoxy) is 1.